The molecule has 1 aromatic rings. The molecular formula is C19H31N3O. The molecule has 1 atom stereocenters. The van der Waals surface area contributed by atoms with Crippen LogP contribution in [0.25, 0.3) is 0 Å². The summed E-state index contributed by atoms with van der Waals surface area (Å²) in [6.07, 6.45) is 4.30. The van der Waals surface area contributed by atoms with Gasteiger partial charge in [-0.1, -0.05) is 30.3 Å². The molecule has 1 fully saturated rings. The maximum atomic E-state index is 12.2. The summed E-state index contributed by atoms with van der Waals surface area (Å²) in [7, 11) is 4.24. The number of nitrogens with zero attached hydrogens (tertiary/aromatic N) is 2. The van der Waals surface area contributed by atoms with Gasteiger partial charge in [0.2, 0.25) is 5.91 Å². The van der Waals surface area contributed by atoms with E-state index in [1.165, 1.54) is 5.56 Å². The number of likely N-dealkylation sites (tertiary alicyclic amines) is 1. The van der Waals surface area contributed by atoms with Gasteiger partial charge in [0.25, 0.3) is 0 Å². The fourth-order valence-corrected chi connectivity index (χ4v) is 3.21. The molecule has 4 heteroatoms. The summed E-state index contributed by atoms with van der Waals surface area (Å²) < 4.78 is 0. The molecule has 1 N–H and O–H groups in total. The van der Waals surface area contributed by atoms with Crippen molar-refractivity contribution in [3.8, 4) is 0 Å². The van der Waals surface area contributed by atoms with Gasteiger partial charge in [-0.15, -0.1) is 0 Å². The van der Waals surface area contributed by atoms with Gasteiger partial charge < -0.3 is 10.2 Å². The van der Waals surface area contributed by atoms with Crippen LogP contribution in [-0.2, 0) is 11.2 Å². The van der Waals surface area contributed by atoms with Gasteiger partial charge in [0.15, 0.2) is 0 Å². The molecule has 1 heterocycles. The van der Waals surface area contributed by atoms with Crippen LogP contribution in [0.5, 0.6) is 0 Å². The number of hydrogen-bond acceptors (Lipinski definition) is 3. The Hall–Kier alpha value is -1.39. The van der Waals surface area contributed by atoms with Crippen molar-refractivity contribution in [1.29, 1.82) is 0 Å². The van der Waals surface area contributed by atoms with Crippen LogP contribution in [0.15, 0.2) is 30.3 Å². The number of nitrogens with one attached hydrogen (secondary N) is 1. The smallest absolute Gasteiger partial charge is 0.234 e. The molecule has 0 bridgehead atoms. The van der Waals surface area contributed by atoms with Crippen molar-refractivity contribution in [2.45, 2.75) is 44.7 Å². The third kappa shape index (κ3) is 6.32. The molecule has 1 amide bonds. The van der Waals surface area contributed by atoms with E-state index in [0.717, 1.165) is 38.8 Å². The molecule has 0 saturated carbocycles. The number of aryl methyl sites for hydroxylation is 1. The maximum absolute atomic E-state index is 12.2. The quantitative estimate of drug-likeness (QED) is 0.837. The number of carbonyl (C=O) groups excluding carboxylic acids is 1. The van der Waals surface area contributed by atoms with Crippen molar-refractivity contribution in [3.63, 3.8) is 0 Å². The molecule has 1 saturated heterocycles. The molecule has 0 aromatic heterocycles. The van der Waals surface area contributed by atoms with Crippen molar-refractivity contribution in [2.24, 2.45) is 0 Å². The van der Waals surface area contributed by atoms with Crippen LogP contribution in [0.4, 0.5) is 0 Å². The first-order chi connectivity index (χ1) is 11.0. The zero-order chi connectivity index (χ0) is 16.7. The highest BCUT2D eigenvalue weighted by molar-refractivity contribution is 5.78. The molecule has 23 heavy (non-hydrogen) atoms. The van der Waals surface area contributed by atoms with Crippen LogP contribution in [0.3, 0.4) is 0 Å². The fourth-order valence-electron chi connectivity index (χ4n) is 3.21. The molecule has 128 valence electrons. The van der Waals surface area contributed by atoms with Crippen LogP contribution in [0.1, 0.15) is 31.7 Å². The Morgan fingerprint density at radius 1 is 1.30 bits per heavy atom. The zero-order valence-corrected chi connectivity index (χ0v) is 14.8. The Bertz CT molecular complexity index is 469. The average Bonchev–Trinajstić information content (AvgIpc) is 2.54. The first kappa shape index (κ1) is 18.0. The summed E-state index contributed by atoms with van der Waals surface area (Å²) in [5.74, 6) is 0.145. The lowest BCUT2D eigenvalue weighted by atomic mass is 10.0. The average molecular weight is 317 g/mol. The van der Waals surface area contributed by atoms with Crippen molar-refractivity contribution >= 4 is 5.91 Å². The van der Waals surface area contributed by atoms with E-state index in [4.69, 9.17) is 0 Å². The molecule has 4 nitrogen and oxygen atoms in total. The van der Waals surface area contributed by atoms with Crippen molar-refractivity contribution in [3.05, 3.63) is 35.9 Å². The third-order valence-corrected chi connectivity index (χ3v) is 4.82. The molecule has 1 aromatic carbocycles. The number of carbonyl (C=O) groups is 1. The molecule has 0 aliphatic carbocycles. The molecule has 1 aliphatic heterocycles. The van der Waals surface area contributed by atoms with Gasteiger partial charge in [0.1, 0.15) is 0 Å². The summed E-state index contributed by atoms with van der Waals surface area (Å²) in [4.78, 5) is 16.8. The van der Waals surface area contributed by atoms with E-state index in [-0.39, 0.29) is 11.9 Å². The Morgan fingerprint density at radius 3 is 2.61 bits per heavy atom. The van der Waals surface area contributed by atoms with E-state index < -0.39 is 0 Å². The summed E-state index contributed by atoms with van der Waals surface area (Å²) in [5.41, 5.74) is 1.33. The number of likely N-dealkylation sites (N-methyl/N-ethyl adjacent to an activating group) is 1. The standard InChI is InChI=1S/C19H31N3O/c1-16(9-10-17-7-5-4-6-8-17)20-19(23)15-22(3)18-11-13-21(2)14-12-18/h4-8,16,18H,9-15H2,1-3H3,(H,20,23)/t16-/m1/s1. The van der Waals surface area contributed by atoms with E-state index >= 15 is 0 Å². The minimum absolute atomic E-state index is 0.145. The van der Waals surface area contributed by atoms with Gasteiger partial charge in [-0.2, -0.15) is 0 Å². The van der Waals surface area contributed by atoms with Crippen LogP contribution in [0, 0.1) is 0 Å². The third-order valence-electron chi connectivity index (χ3n) is 4.82. The second-order valence-electron chi connectivity index (χ2n) is 6.94. The van der Waals surface area contributed by atoms with Crippen LogP contribution < -0.4 is 5.32 Å². The maximum Gasteiger partial charge on any atom is 0.234 e. The van der Waals surface area contributed by atoms with Gasteiger partial charge in [-0.3, -0.25) is 9.69 Å². The van der Waals surface area contributed by atoms with E-state index in [0.29, 0.717) is 12.6 Å². The lowest BCUT2D eigenvalue weighted by Gasteiger charge is -2.34. The largest absolute Gasteiger partial charge is 0.353 e. The van der Waals surface area contributed by atoms with Gasteiger partial charge in [-0.25, -0.2) is 0 Å². The van der Waals surface area contributed by atoms with Crippen molar-refractivity contribution < 1.29 is 4.79 Å². The second kappa shape index (κ2) is 9.04. The molecule has 2 rings (SSSR count). The predicted octanol–water partition coefficient (Wildman–Crippen LogP) is 2.15. The van der Waals surface area contributed by atoms with Gasteiger partial charge >= 0.3 is 0 Å². The van der Waals surface area contributed by atoms with Crippen LogP contribution in [-0.4, -0.2) is 61.5 Å². The topological polar surface area (TPSA) is 35.6 Å². The minimum atomic E-state index is 0.145. The summed E-state index contributed by atoms with van der Waals surface area (Å²) in [6.45, 7) is 4.86. The van der Waals surface area contributed by atoms with Crippen LogP contribution >= 0.6 is 0 Å². The monoisotopic (exact) mass is 317 g/mol. The number of hydrogen-bond donors (Lipinski definition) is 1. The Labute approximate surface area is 140 Å². The number of benzene rings is 1. The van der Waals surface area contributed by atoms with Gasteiger partial charge in [0.05, 0.1) is 6.54 Å². The fraction of sp³-hybridized carbons (Fsp3) is 0.632. The number of amides is 1. The van der Waals surface area contributed by atoms with E-state index in [9.17, 15) is 4.79 Å². The first-order valence-corrected chi connectivity index (χ1v) is 8.76. The summed E-state index contributed by atoms with van der Waals surface area (Å²) in [6, 6.07) is 11.2. The van der Waals surface area contributed by atoms with Crippen molar-refractivity contribution in [2.75, 3.05) is 33.7 Å². The van der Waals surface area contributed by atoms with E-state index in [1.807, 2.05) is 6.07 Å². The second-order valence-corrected chi connectivity index (χ2v) is 6.94. The predicted molar refractivity (Wildman–Crippen MR) is 95.5 cm³/mol. The SMILES string of the molecule is C[C@H](CCc1ccccc1)NC(=O)CN(C)C1CCN(C)CC1. The van der Waals surface area contributed by atoms with E-state index in [1.54, 1.807) is 0 Å². The number of rotatable bonds is 7. The molecule has 0 radical (unpaired) electrons. The lowest BCUT2D eigenvalue weighted by molar-refractivity contribution is -0.123. The highest BCUT2D eigenvalue weighted by Gasteiger charge is 2.22. The highest BCUT2D eigenvalue weighted by Crippen LogP contribution is 2.13. The Kier molecular flexibility index (Phi) is 7.06. The van der Waals surface area contributed by atoms with Gasteiger partial charge in [-0.05, 0) is 65.4 Å². The Morgan fingerprint density at radius 2 is 1.96 bits per heavy atom. The molecule has 0 unspecified atom stereocenters. The zero-order valence-electron chi connectivity index (χ0n) is 14.8. The van der Waals surface area contributed by atoms with Crippen LogP contribution in [0.2, 0.25) is 0 Å². The Balaban J connectivity index is 1.67. The normalized spacial score (nSPS) is 18.1. The van der Waals surface area contributed by atoms with Crippen molar-refractivity contribution in [1.82, 2.24) is 15.1 Å². The molecule has 0 spiro atoms. The first-order valence-electron chi connectivity index (χ1n) is 8.76. The number of piperidine rings is 1. The lowest BCUT2D eigenvalue weighted by Crippen LogP contribution is -2.47. The summed E-state index contributed by atoms with van der Waals surface area (Å²) >= 11 is 0. The van der Waals surface area contributed by atoms with Gasteiger partial charge in [0, 0.05) is 12.1 Å². The highest BCUT2D eigenvalue weighted by atomic mass is 16.2. The minimum Gasteiger partial charge on any atom is -0.353 e. The molecular weight excluding hydrogens is 286 g/mol. The summed E-state index contributed by atoms with van der Waals surface area (Å²) in [5, 5.41) is 3.14. The molecule has 1 aliphatic rings. The van der Waals surface area contributed by atoms with E-state index in [2.05, 4.69) is 60.4 Å².